The van der Waals surface area contributed by atoms with E-state index in [9.17, 15) is 22.8 Å². The number of amides is 1. The standard InChI is InChI=1S/C31H31F3N2O3/c1-19(2)16-28(21-4-6-22(7-5-21)30(39)35-14-12-29(37)38)36-15-13-24-18-23(8-11-27(24)36)26-10-9-25(17-20(26)3)31(32,33)34/h4-11,13,15,17-19,28H,12,14,16H2,1-3H3,(H,35,39)(H,37,38). The van der Waals surface area contributed by atoms with Crippen molar-refractivity contribution in [2.75, 3.05) is 6.54 Å². The summed E-state index contributed by atoms with van der Waals surface area (Å²) in [5.74, 6) is -0.899. The van der Waals surface area contributed by atoms with E-state index in [1.54, 1.807) is 19.1 Å². The van der Waals surface area contributed by atoms with E-state index in [2.05, 4.69) is 23.7 Å². The van der Waals surface area contributed by atoms with E-state index in [1.807, 2.05) is 42.6 Å². The molecule has 4 aromatic rings. The number of alkyl halides is 3. The van der Waals surface area contributed by atoms with Gasteiger partial charge in [-0.2, -0.15) is 13.2 Å². The van der Waals surface area contributed by atoms with Gasteiger partial charge in [0, 0.05) is 29.2 Å². The maximum atomic E-state index is 13.1. The Hall–Kier alpha value is -4.07. The number of hydrogen-bond donors (Lipinski definition) is 2. The zero-order valence-corrected chi connectivity index (χ0v) is 22.0. The number of nitrogens with zero attached hydrogens (tertiary/aromatic N) is 1. The summed E-state index contributed by atoms with van der Waals surface area (Å²) in [5, 5.41) is 12.4. The number of rotatable bonds is 9. The van der Waals surface area contributed by atoms with Gasteiger partial charge in [0.05, 0.1) is 18.0 Å². The molecule has 2 N–H and O–H groups in total. The van der Waals surface area contributed by atoms with Gasteiger partial charge in [-0.25, -0.2) is 0 Å². The molecule has 0 bridgehead atoms. The summed E-state index contributed by atoms with van der Waals surface area (Å²) in [6.45, 7) is 6.05. The number of aromatic nitrogens is 1. The lowest BCUT2D eigenvalue weighted by Crippen LogP contribution is -2.26. The van der Waals surface area contributed by atoms with Gasteiger partial charge in [0.1, 0.15) is 0 Å². The Labute approximate surface area is 225 Å². The number of carboxylic acid groups (broad SMARTS) is 1. The minimum absolute atomic E-state index is 0.00489. The second-order valence-corrected chi connectivity index (χ2v) is 10.2. The quantitative estimate of drug-likeness (QED) is 0.233. The van der Waals surface area contributed by atoms with Gasteiger partial charge in [0.15, 0.2) is 0 Å². The first-order valence-corrected chi connectivity index (χ1v) is 12.8. The molecule has 1 atom stereocenters. The highest BCUT2D eigenvalue weighted by molar-refractivity contribution is 5.94. The van der Waals surface area contributed by atoms with Gasteiger partial charge in [-0.15, -0.1) is 0 Å². The van der Waals surface area contributed by atoms with E-state index in [4.69, 9.17) is 5.11 Å². The van der Waals surface area contributed by atoms with Crippen LogP contribution in [0.15, 0.2) is 72.9 Å². The third-order valence-electron chi connectivity index (χ3n) is 6.80. The number of hydrogen-bond acceptors (Lipinski definition) is 2. The van der Waals surface area contributed by atoms with Gasteiger partial charge in [-0.05, 0) is 84.0 Å². The van der Waals surface area contributed by atoms with Crippen LogP contribution in [0.4, 0.5) is 13.2 Å². The smallest absolute Gasteiger partial charge is 0.416 e. The number of nitrogens with one attached hydrogen (secondary N) is 1. The van der Waals surface area contributed by atoms with Crippen LogP contribution in [-0.4, -0.2) is 28.1 Å². The largest absolute Gasteiger partial charge is 0.481 e. The van der Waals surface area contributed by atoms with Gasteiger partial charge in [-0.1, -0.05) is 38.1 Å². The van der Waals surface area contributed by atoms with Crippen LogP contribution in [0.5, 0.6) is 0 Å². The molecule has 8 heteroatoms. The monoisotopic (exact) mass is 536 g/mol. The van der Waals surface area contributed by atoms with Crippen LogP contribution in [0.1, 0.15) is 59.8 Å². The molecule has 0 aliphatic carbocycles. The maximum Gasteiger partial charge on any atom is 0.416 e. The molecule has 0 saturated heterocycles. The third-order valence-corrected chi connectivity index (χ3v) is 6.80. The molecule has 1 heterocycles. The molecule has 0 aliphatic heterocycles. The summed E-state index contributed by atoms with van der Waals surface area (Å²) in [6, 6.07) is 19.1. The molecule has 0 fully saturated rings. The first-order valence-electron chi connectivity index (χ1n) is 12.8. The number of benzene rings is 3. The Kier molecular flexibility index (Phi) is 8.14. The number of halogens is 3. The second kappa shape index (κ2) is 11.4. The van der Waals surface area contributed by atoms with Crippen molar-refractivity contribution in [1.29, 1.82) is 0 Å². The predicted molar refractivity (Wildman–Crippen MR) is 146 cm³/mol. The molecule has 39 heavy (non-hydrogen) atoms. The minimum atomic E-state index is -4.38. The van der Waals surface area contributed by atoms with Gasteiger partial charge < -0.3 is 15.0 Å². The number of carbonyl (C=O) groups is 2. The van der Waals surface area contributed by atoms with Crippen LogP contribution in [0.2, 0.25) is 0 Å². The molecule has 1 aromatic heterocycles. The summed E-state index contributed by atoms with van der Waals surface area (Å²) in [7, 11) is 0. The summed E-state index contributed by atoms with van der Waals surface area (Å²) in [4.78, 5) is 23.1. The van der Waals surface area contributed by atoms with Gasteiger partial charge in [0.2, 0.25) is 0 Å². The number of aryl methyl sites for hydroxylation is 1. The fraction of sp³-hybridized carbons (Fsp3) is 0.290. The molecule has 0 radical (unpaired) electrons. The van der Waals surface area contributed by atoms with Crippen molar-refractivity contribution in [2.45, 2.75) is 45.8 Å². The molecular weight excluding hydrogens is 505 g/mol. The van der Waals surface area contributed by atoms with Crippen molar-refractivity contribution < 1.29 is 27.9 Å². The van der Waals surface area contributed by atoms with Crippen LogP contribution >= 0.6 is 0 Å². The van der Waals surface area contributed by atoms with Crippen LogP contribution < -0.4 is 5.32 Å². The first kappa shape index (κ1) is 28.0. The zero-order chi connectivity index (χ0) is 28.3. The average molecular weight is 537 g/mol. The van der Waals surface area contributed by atoms with E-state index in [0.29, 0.717) is 17.0 Å². The van der Waals surface area contributed by atoms with Crippen molar-refractivity contribution in [3.05, 3.63) is 95.2 Å². The Balaban J connectivity index is 1.62. The third kappa shape index (κ3) is 6.50. The second-order valence-electron chi connectivity index (χ2n) is 10.2. The predicted octanol–water partition coefficient (Wildman–Crippen LogP) is 7.48. The molecule has 5 nitrogen and oxygen atoms in total. The molecule has 0 spiro atoms. The lowest BCUT2D eigenvalue weighted by Gasteiger charge is -2.23. The normalized spacial score (nSPS) is 12.6. The molecule has 204 valence electrons. The summed E-state index contributed by atoms with van der Waals surface area (Å²) in [5.41, 5.74) is 4.01. The molecule has 1 unspecified atom stereocenters. The molecule has 4 rings (SSSR count). The van der Waals surface area contributed by atoms with Crippen LogP contribution in [0.25, 0.3) is 22.0 Å². The van der Waals surface area contributed by atoms with E-state index < -0.39 is 17.7 Å². The average Bonchev–Trinajstić information content (AvgIpc) is 3.29. The van der Waals surface area contributed by atoms with Gasteiger partial charge in [0.25, 0.3) is 5.91 Å². The summed E-state index contributed by atoms with van der Waals surface area (Å²) < 4.78 is 41.5. The zero-order valence-electron chi connectivity index (χ0n) is 22.0. The van der Waals surface area contributed by atoms with E-state index in [1.165, 1.54) is 12.1 Å². The molecular formula is C31H31F3N2O3. The molecule has 0 aliphatic rings. The number of aliphatic carboxylic acids is 1. The van der Waals surface area contributed by atoms with Crippen molar-refractivity contribution >= 4 is 22.8 Å². The highest BCUT2D eigenvalue weighted by Crippen LogP contribution is 2.36. The Morgan fingerprint density at radius 3 is 2.31 bits per heavy atom. The van der Waals surface area contributed by atoms with Crippen molar-refractivity contribution in [3.8, 4) is 11.1 Å². The highest BCUT2D eigenvalue weighted by Gasteiger charge is 2.30. The Morgan fingerprint density at radius 2 is 1.69 bits per heavy atom. The number of carboxylic acids is 1. The summed E-state index contributed by atoms with van der Waals surface area (Å²) >= 11 is 0. The Bertz CT molecular complexity index is 1490. The van der Waals surface area contributed by atoms with Gasteiger partial charge in [-0.3, -0.25) is 9.59 Å². The highest BCUT2D eigenvalue weighted by atomic mass is 19.4. The van der Waals surface area contributed by atoms with Crippen LogP contribution in [0, 0.1) is 12.8 Å². The molecule has 0 saturated carbocycles. The van der Waals surface area contributed by atoms with E-state index in [0.717, 1.165) is 40.1 Å². The van der Waals surface area contributed by atoms with E-state index >= 15 is 0 Å². The maximum absolute atomic E-state index is 13.1. The lowest BCUT2D eigenvalue weighted by atomic mass is 9.95. The van der Waals surface area contributed by atoms with E-state index in [-0.39, 0.29) is 24.9 Å². The van der Waals surface area contributed by atoms with Crippen molar-refractivity contribution in [3.63, 3.8) is 0 Å². The summed E-state index contributed by atoms with van der Waals surface area (Å²) in [6.07, 6.45) is -1.64. The van der Waals surface area contributed by atoms with Crippen molar-refractivity contribution in [1.82, 2.24) is 9.88 Å². The van der Waals surface area contributed by atoms with Crippen LogP contribution in [-0.2, 0) is 11.0 Å². The topological polar surface area (TPSA) is 71.3 Å². The number of fused-ring (bicyclic) bond motifs is 1. The Morgan fingerprint density at radius 1 is 0.974 bits per heavy atom. The number of carbonyl (C=O) groups excluding carboxylic acids is 1. The SMILES string of the molecule is Cc1cc(C(F)(F)F)ccc1-c1ccc2c(ccn2C(CC(C)C)c2ccc(C(=O)NCCC(=O)O)cc2)c1. The minimum Gasteiger partial charge on any atom is -0.481 e. The van der Waals surface area contributed by atoms with Crippen molar-refractivity contribution in [2.24, 2.45) is 5.92 Å². The molecule has 1 amide bonds. The van der Waals surface area contributed by atoms with Crippen LogP contribution in [0.3, 0.4) is 0 Å². The lowest BCUT2D eigenvalue weighted by molar-refractivity contribution is -0.138. The molecule has 3 aromatic carbocycles. The fourth-order valence-electron chi connectivity index (χ4n) is 4.87. The first-order chi connectivity index (χ1) is 18.4. The van der Waals surface area contributed by atoms with Gasteiger partial charge >= 0.3 is 12.1 Å². The fourth-order valence-corrected chi connectivity index (χ4v) is 4.87.